The molecule has 0 aliphatic carbocycles. The fourth-order valence-electron chi connectivity index (χ4n) is 5.37. The van der Waals surface area contributed by atoms with Crippen molar-refractivity contribution in [1.29, 1.82) is 0 Å². The van der Waals surface area contributed by atoms with E-state index in [-0.39, 0.29) is 23.5 Å². The van der Waals surface area contributed by atoms with Gasteiger partial charge in [-0.15, -0.1) is 0 Å². The van der Waals surface area contributed by atoms with Gasteiger partial charge in [0.15, 0.2) is 0 Å². The summed E-state index contributed by atoms with van der Waals surface area (Å²) in [6, 6.07) is 20.1. The van der Waals surface area contributed by atoms with E-state index in [0.717, 1.165) is 30.5 Å². The third-order valence-electron chi connectivity index (χ3n) is 6.91. The Hall–Kier alpha value is -2.17. The number of likely N-dealkylation sites (tertiary alicyclic amines) is 1. The molecule has 2 aliphatic rings. The zero-order valence-electron chi connectivity index (χ0n) is 19.1. The number of carbonyl (C=O) groups excluding carboxylic acids is 1. The minimum atomic E-state index is -0.416. The van der Waals surface area contributed by atoms with Crippen molar-refractivity contribution in [1.82, 2.24) is 10.2 Å². The molecule has 0 saturated carbocycles. The van der Waals surface area contributed by atoms with Crippen LogP contribution < -0.4 is 5.32 Å². The molecule has 2 aromatic rings. The van der Waals surface area contributed by atoms with Crippen LogP contribution >= 0.6 is 0 Å². The lowest BCUT2D eigenvalue weighted by Crippen LogP contribution is -2.61. The van der Waals surface area contributed by atoms with Crippen molar-refractivity contribution < 1.29 is 9.53 Å². The quantitative estimate of drug-likeness (QED) is 0.733. The van der Waals surface area contributed by atoms with Crippen LogP contribution in [0.4, 0.5) is 0 Å². The van der Waals surface area contributed by atoms with Crippen LogP contribution in [0, 0.1) is 0 Å². The van der Waals surface area contributed by atoms with E-state index in [1.165, 1.54) is 25.9 Å². The second-order valence-corrected chi connectivity index (χ2v) is 9.99. The van der Waals surface area contributed by atoms with E-state index in [1.54, 1.807) is 0 Å². The molecule has 0 radical (unpaired) electrons. The lowest BCUT2D eigenvalue weighted by molar-refractivity contribution is -0.187. The Balaban J connectivity index is 1.49. The SMILES string of the molecule is CC1(C)O[C@](C)(CN2CCCC2)CC[C@@H]1NC(=O)C(c1ccccc1)c1ccccc1. The van der Waals surface area contributed by atoms with Gasteiger partial charge in [0.2, 0.25) is 5.91 Å². The van der Waals surface area contributed by atoms with Crippen molar-refractivity contribution in [3.05, 3.63) is 71.8 Å². The predicted octanol–water partition coefficient (Wildman–Crippen LogP) is 4.75. The number of carbonyl (C=O) groups is 1. The third kappa shape index (κ3) is 5.19. The number of ether oxygens (including phenoxy) is 1. The molecule has 2 aromatic carbocycles. The molecule has 1 amide bonds. The van der Waals surface area contributed by atoms with Gasteiger partial charge in [0.05, 0.1) is 23.2 Å². The van der Waals surface area contributed by atoms with Gasteiger partial charge < -0.3 is 15.0 Å². The number of benzene rings is 2. The van der Waals surface area contributed by atoms with E-state index in [0.29, 0.717) is 0 Å². The van der Waals surface area contributed by atoms with Crippen LogP contribution in [0.2, 0.25) is 0 Å². The van der Waals surface area contributed by atoms with Crippen LogP contribution in [-0.4, -0.2) is 47.7 Å². The molecule has 2 saturated heterocycles. The highest BCUT2D eigenvalue weighted by molar-refractivity contribution is 5.87. The first-order valence-corrected chi connectivity index (χ1v) is 11.7. The standard InChI is InChI=1S/C27H36N2O2/c1-26(2)23(16-17-27(3,31-26)20-29-18-10-11-19-29)28-25(30)24(21-12-6-4-7-13-21)22-14-8-5-9-15-22/h4-9,12-15,23-24H,10-11,16-20H2,1-3H3,(H,28,30)/t23-,27-/m0/s1. The summed E-state index contributed by atoms with van der Waals surface area (Å²) in [6.45, 7) is 9.82. The number of nitrogens with one attached hydrogen (secondary N) is 1. The first-order chi connectivity index (χ1) is 14.9. The number of rotatable bonds is 6. The molecule has 0 aromatic heterocycles. The molecular weight excluding hydrogens is 384 g/mol. The van der Waals surface area contributed by atoms with Gasteiger partial charge in [0, 0.05) is 6.54 Å². The molecule has 4 rings (SSSR count). The Morgan fingerprint density at radius 3 is 2.06 bits per heavy atom. The van der Waals surface area contributed by atoms with Gasteiger partial charge in [-0.1, -0.05) is 60.7 Å². The number of nitrogens with zero attached hydrogens (tertiary/aromatic N) is 1. The van der Waals surface area contributed by atoms with Crippen molar-refractivity contribution in [3.63, 3.8) is 0 Å². The van der Waals surface area contributed by atoms with Crippen LogP contribution in [-0.2, 0) is 9.53 Å². The summed E-state index contributed by atoms with van der Waals surface area (Å²) >= 11 is 0. The van der Waals surface area contributed by atoms with Crippen LogP contribution in [0.3, 0.4) is 0 Å². The van der Waals surface area contributed by atoms with E-state index in [9.17, 15) is 4.79 Å². The van der Waals surface area contributed by atoms with Gasteiger partial charge >= 0.3 is 0 Å². The Bertz CT molecular complexity index is 822. The van der Waals surface area contributed by atoms with Crippen molar-refractivity contribution >= 4 is 5.91 Å². The maximum absolute atomic E-state index is 13.6. The fourth-order valence-corrected chi connectivity index (χ4v) is 5.37. The van der Waals surface area contributed by atoms with Crippen LogP contribution in [0.1, 0.15) is 63.5 Å². The van der Waals surface area contributed by atoms with Crippen molar-refractivity contribution in [2.75, 3.05) is 19.6 Å². The Kier molecular flexibility index (Phi) is 6.49. The molecule has 2 atom stereocenters. The lowest BCUT2D eigenvalue weighted by atomic mass is 9.82. The summed E-state index contributed by atoms with van der Waals surface area (Å²) in [5, 5.41) is 3.36. The smallest absolute Gasteiger partial charge is 0.232 e. The van der Waals surface area contributed by atoms with Gasteiger partial charge in [-0.3, -0.25) is 4.79 Å². The molecule has 0 bridgehead atoms. The molecule has 31 heavy (non-hydrogen) atoms. The van der Waals surface area contributed by atoms with E-state index >= 15 is 0 Å². The summed E-state index contributed by atoms with van der Waals surface area (Å²) in [5.74, 6) is -0.279. The second-order valence-electron chi connectivity index (χ2n) is 9.99. The first-order valence-electron chi connectivity index (χ1n) is 11.7. The third-order valence-corrected chi connectivity index (χ3v) is 6.91. The first kappa shape index (κ1) is 22.0. The maximum Gasteiger partial charge on any atom is 0.232 e. The predicted molar refractivity (Wildman–Crippen MR) is 125 cm³/mol. The molecule has 1 N–H and O–H groups in total. The summed E-state index contributed by atoms with van der Waals surface area (Å²) in [7, 11) is 0. The molecule has 2 heterocycles. The van der Waals surface area contributed by atoms with Gasteiger partial charge in [0.1, 0.15) is 0 Å². The highest BCUT2D eigenvalue weighted by Crippen LogP contribution is 2.37. The lowest BCUT2D eigenvalue weighted by Gasteiger charge is -2.49. The Morgan fingerprint density at radius 2 is 1.55 bits per heavy atom. The Labute approximate surface area is 187 Å². The minimum absolute atomic E-state index is 0.0124. The Morgan fingerprint density at radius 1 is 1.00 bits per heavy atom. The molecule has 0 spiro atoms. The van der Waals surface area contributed by atoms with Crippen molar-refractivity contribution in [2.24, 2.45) is 0 Å². The van der Waals surface area contributed by atoms with Crippen LogP contribution in [0.15, 0.2) is 60.7 Å². The summed E-state index contributed by atoms with van der Waals surface area (Å²) < 4.78 is 6.67. The van der Waals surface area contributed by atoms with Gasteiger partial charge in [-0.2, -0.15) is 0 Å². The van der Waals surface area contributed by atoms with Gasteiger partial charge in [0.25, 0.3) is 0 Å². The molecule has 4 heteroatoms. The van der Waals surface area contributed by atoms with E-state index in [2.05, 4.69) is 31.0 Å². The number of hydrogen-bond acceptors (Lipinski definition) is 3. The monoisotopic (exact) mass is 420 g/mol. The molecule has 2 fully saturated rings. The highest BCUT2D eigenvalue weighted by atomic mass is 16.5. The van der Waals surface area contributed by atoms with Gasteiger partial charge in [-0.05, 0) is 70.7 Å². The minimum Gasteiger partial charge on any atom is -0.366 e. The summed E-state index contributed by atoms with van der Waals surface area (Å²) in [6.07, 6.45) is 4.47. The van der Waals surface area contributed by atoms with Gasteiger partial charge in [-0.25, -0.2) is 0 Å². The summed E-state index contributed by atoms with van der Waals surface area (Å²) in [5.41, 5.74) is 1.45. The second kappa shape index (κ2) is 9.13. The number of amides is 1. The van der Waals surface area contributed by atoms with Crippen LogP contribution in [0.5, 0.6) is 0 Å². The zero-order chi connectivity index (χ0) is 21.9. The zero-order valence-corrected chi connectivity index (χ0v) is 19.1. The molecule has 2 aliphatic heterocycles. The molecule has 0 unspecified atom stereocenters. The van der Waals surface area contributed by atoms with E-state index < -0.39 is 5.60 Å². The van der Waals surface area contributed by atoms with Crippen LogP contribution in [0.25, 0.3) is 0 Å². The van der Waals surface area contributed by atoms with E-state index in [1.807, 2.05) is 60.7 Å². The molecule has 166 valence electrons. The largest absolute Gasteiger partial charge is 0.366 e. The normalized spacial score (nSPS) is 26.1. The summed E-state index contributed by atoms with van der Waals surface area (Å²) in [4.78, 5) is 16.1. The number of hydrogen-bond donors (Lipinski definition) is 1. The van der Waals surface area contributed by atoms with Crippen molar-refractivity contribution in [3.8, 4) is 0 Å². The average Bonchev–Trinajstić information content (AvgIpc) is 3.24. The average molecular weight is 421 g/mol. The molecule has 4 nitrogen and oxygen atoms in total. The fraction of sp³-hybridized carbons (Fsp3) is 0.519. The topological polar surface area (TPSA) is 41.6 Å². The molecular formula is C27H36N2O2. The van der Waals surface area contributed by atoms with Crippen molar-refractivity contribution in [2.45, 2.75) is 69.6 Å². The van der Waals surface area contributed by atoms with E-state index in [4.69, 9.17) is 4.74 Å². The maximum atomic E-state index is 13.6. The highest BCUT2D eigenvalue weighted by Gasteiger charge is 2.45.